The Bertz CT molecular complexity index is 683. The highest BCUT2D eigenvalue weighted by atomic mass is 35.5. The maximum Gasteiger partial charge on any atom is 0.101 e. The minimum atomic E-state index is 0.564. The molecule has 1 aliphatic rings. The molecule has 0 amide bonds. The number of halogens is 1. The summed E-state index contributed by atoms with van der Waals surface area (Å²) in [6.45, 7) is 0. The van der Waals surface area contributed by atoms with Gasteiger partial charge in [0.15, 0.2) is 0 Å². The van der Waals surface area contributed by atoms with Crippen molar-refractivity contribution in [1.29, 1.82) is 5.26 Å². The number of fused-ring (bicyclic) bond motifs is 1. The molecule has 1 nitrogen and oxygen atoms in total. The highest BCUT2D eigenvalue weighted by Gasteiger charge is 2.16. The second kappa shape index (κ2) is 6.47. The summed E-state index contributed by atoms with van der Waals surface area (Å²) < 4.78 is 0. The molecule has 1 aromatic heterocycles. The Balaban J connectivity index is 2.02. The Kier molecular flexibility index (Phi) is 4.43. The summed E-state index contributed by atoms with van der Waals surface area (Å²) in [5.74, 6) is 0. The molecular weight excluding hydrogens is 298 g/mol. The van der Waals surface area contributed by atoms with Crippen LogP contribution in [0.15, 0.2) is 36.4 Å². The Morgan fingerprint density at radius 1 is 1.10 bits per heavy atom. The van der Waals surface area contributed by atoms with Gasteiger partial charge in [0.05, 0.1) is 10.6 Å². The molecule has 1 aromatic carbocycles. The molecule has 0 atom stereocenters. The topological polar surface area (TPSA) is 23.8 Å². The van der Waals surface area contributed by atoms with E-state index in [0.29, 0.717) is 10.6 Å². The van der Waals surface area contributed by atoms with Crippen molar-refractivity contribution < 1.29 is 0 Å². The number of hydrogen-bond donors (Lipinski definition) is 0. The number of rotatable bonds is 2. The van der Waals surface area contributed by atoms with E-state index in [2.05, 4.69) is 12.1 Å². The molecule has 0 aliphatic heterocycles. The van der Waals surface area contributed by atoms with Gasteiger partial charge in [-0.05, 0) is 42.9 Å². The molecule has 106 valence electrons. The lowest BCUT2D eigenvalue weighted by Gasteiger charge is -2.02. The Labute approximate surface area is 134 Å². The van der Waals surface area contributed by atoms with Gasteiger partial charge in [-0.15, -0.1) is 11.3 Å². The van der Waals surface area contributed by atoms with Gasteiger partial charge in [-0.3, -0.25) is 0 Å². The van der Waals surface area contributed by atoms with Crippen LogP contribution in [0.25, 0.3) is 10.6 Å². The third-order valence-electron chi connectivity index (χ3n) is 3.86. The van der Waals surface area contributed by atoms with Gasteiger partial charge >= 0.3 is 0 Å². The fourth-order valence-corrected chi connectivity index (χ4v) is 4.26. The van der Waals surface area contributed by atoms with E-state index >= 15 is 0 Å². The van der Waals surface area contributed by atoms with Crippen LogP contribution in [0, 0.1) is 11.3 Å². The van der Waals surface area contributed by atoms with Crippen LogP contribution in [0.3, 0.4) is 0 Å². The predicted molar refractivity (Wildman–Crippen MR) is 90.3 cm³/mol. The molecular formula is C18H16ClNS. The summed E-state index contributed by atoms with van der Waals surface area (Å²) in [5, 5.41) is 10.1. The molecule has 0 fully saturated rings. The summed E-state index contributed by atoms with van der Waals surface area (Å²) in [4.78, 5) is 2.48. The number of benzene rings is 1. The van der Waals surface area contributed by atoms with E-state index in [0.717, 1.165) is 23.3 Å². The van der Waals surface area contributed by atoms with Crippen LogP contribution in [-0.2, 0) is 12.8 Å². The van der Waals surface area contributed by atoms with Gasteiger partial charge in [-0.1, -0.05) is 48.4 Å². The highest BCUT2D eigenvalue weighted by molar-refractivity contribution is 7.14. The van der Waals surface area contributed by atoms with Crippen molar-refractivity contribution in [3.05, 3.63) is 57.3 Å². The van der Waals surface area contributed by atoms with E-state index in [4.69, 9.17) is 11.6 Å². The number of hydrogen-bond acceptors (Lipinski definition) is 2. The quantitative estimate of drug-likeness (QED) is 0.519. The van der Waals surface area contributed by atoms with Gasteiger partial charge in [-0.25, -0.2) is 0 Å². The van der Waals surface area contributed by atoms with E-state index in [1.165, 1.54) is 29.7 Å². The SMILES string of the molecule is N#CC(=C(Cl)c1cc2c(s1)CCCCC2)c1ccccc1. The molecule has 0 saturated carbocycles. The Morgan fingerprint density at radius 2 is 1.86 bits per heavy atom. The number of nitriles is 1. The second-order valence-corrected chi connectivity index (χ2v) is 6.80. The molecule has 3 heteroatoms. The fraction of sp³-hybridized carbons (Fsp3) is 0.278. The van der Waals surface area contributed by atoms with Crippen molar-refractivity contribution >= 4 is 33.5 Å². The predicted octanol–water partition coefficient (Wildman–Crippen LogP) is 5.65. The van der Waals surface area contributed by atoms with Gasteiger partial charge in [0.2, 0.25) is 0 Å². The van der Waals surface area contributed by atoms with Crippen molar-refractivity contribution in [3.63, 3.8) is 0 Å². The van der Waals surface area contributed by atoms with Crippen LogP contribution >= 0.6 is 22.9 Å². The summed E-state index contributed by atoms with van der Waals surface area (Å²) >= 11 is 8.29. The molecule has 0 radical (unpaired) electrons. The van der Waals surface area contributed by atoms with Crippen molar-refractivity contribution in [2.24, 2.45) is 0 Å². The number of nitrogens with zero attached hydrogens (tertiary/aromatic N) is 1. The highest BCUT2D eigenvalue weighted by Crippen LogP contribution is 2.37. The van der Waals surface area contributed by atoms with E-state index in [1.807, 2.05) is 30.3 Å². The molecule has 3 rings (SSSR count). The van der Waals surface area contributed by atoms with Crippen molar-refractivity contribution in [1.82, 2.24) is 0 Å². The van der Waals surface area contributed by atoms with E-state index < -0.39 is 0 Å². The standard InChI is InChI=1S/C18H16ClNS/c19-18(15(12-20)13-7-3-1-4-8-13)17-11-14-9-5-2-6-10-16(14)21-17/h1,3-4,7-8,11H,2,5-6,9-10H2. The molecule has 21 heavy (non-hydrogen) atoms. The maximum atomic E-state index is 9.47. The maximum absolute atomic E-state index is 9.47. The first kappa shape index (κ1) is 14.4. The zero-order chi connectivity index (χ0) is 14.7. The number of thiophene rings is 1. The molecule has 0 unspecified atom stereocenters. The molecule has 0 spiro atoms. The first-order valence-corrected chi connectivity index (χ1v) is 8.46. The van der Waals surface area contributed by atoms with E-state index in [9.17, 15) is 5.26 Å². The Morgan fingerprint density at radius 3 is 2.62 bits per heavy atom. The first-order chi connectivity index (χ1) is 10.3. The van der Waals surface area contributed by atoms with Gasteiger partial charge in [-0.2, -0.15) is 5.26 Å². The third kappa shape index (κ3) is 3.05. The van der Waals surface area contributed by atoms with E-state index in [-0.39, 0.29) is 0 Å². The minimum absolute atomic E-state index is 0.564. The van der Waals surface area contributed by atoms with Crippen LogP contribution < -0.4 is 0 Å². The number of aryl methyl sites for hydroxylation is 2. The zero-order valence-electron chi connectivity index (χ0n) is 11.7. The lowest BCUT2D eigenvalue weighted by Crippen LogP contribution is -1.84. The van der Waals surface area contributed by atoms with E-state index in [1.54, 1.807) is 11.3 Å². The van der Waals surface area contributed by atoms with Crippen LogP contribution in [0.4, 0.5) is 0 Å². The lowest BCUT2D eigenvalue weighted by atomic mass is 10.1. The average Bonchev–Trinajstić information content (AvgIpc) is 2.80. The van der Waals surface area contributed by atoms with Crippen molar-refractivity contribution in [3.8, 4) is 6.07 Å². The summed E-state index contributed by atoms with van der Waals surface area (Å²) in [6, 6.07) is 14.1. The summed E-state index contributed by atoms with van der Waals surface area (Å²) in [6.07, 6.45) is 6.13. The normalized spacial score (nSPS) is 15.6. The molecule has 1 heterocycles. The monoisotopic (exact) mass is 313 g/mol. The molecule has 2 aromatic rings. The van der Waals surface area contributed by atoms with Crippen LogP contribution in [0.2, 0.25) is 0 Å². The van der Waals surface area contributed by atoms with Gasteiger partial charge < -0.3 is 0 Å². The summed E-state index contributed by atoms with van der Waals surface area (Å²) in [7, 11) is 0. The zero-order valence-corrected chi connectivity index (χ0v) is 13.3. The van der Waals surface area contributed by atoms with Gasteiger partial charge in [0, 0.05) is 9.75 Å². The fourth-order valence-electron chi connectivity index (χ4n) is 2.74. The molecule has 0 saturated heterocycles. The van der Waals surface area contributed by atoms with Gasteiger partial charge in [0.25, 0.3) is 0 Å². The molecule has 0 bridgehead atoms. The Hall–Kier alpha value is -1.56. The van der Waals surface area contributed by atoms with Crippen molar-refractivity contribution in [2.75, 3.05) is 0 Å². The first-order valence-electron chi connectivity index (χ1n) is 7.27. The van der Waals surface area contributed by atoms with Crippen LogP contribution in [-0.4, -0.2) is 0 Å². The summed E-state index contributed by atoms with van der Waals surface area (Å²) in [5.41, 5.74) is 2.87. The lowest BCUT2D eigenvalue weighted by molar-refractivity contribution is 0.712. The molecule has 0 N–H and O–H groups in total. The van der Waals surface area contributed by atoms with Crippen molar-refractivity contribution in [2.45, 2.75) is 32.1 Å². The van der Waals surface area contributed by atoms with Gasteiger partial charge in [0.1, 0.15) is 6.07 Å². The number of allylic oxidation sites excluding steroid dienone is 1. The average molecular weight is 314 g/mol. The largest absolute Gasteiger partial charge is 0.192 e. The smallest absolute Gasteiger partial charge is 0.101 e. The minimum Gasteiger partial charge on any atom is -0.192 e. The second-order valence-electron chi connectivity index (χ2n) is 5.29. The van der Waals surface area contributed by atoms with Crippen LogP contribution in [0.1, 0.15) is 40.1 Å². The molecule has 1 aliphatic carbocycles. The van der Waals surface area contributed by atoms with Crippen LogP contribution in [0.5, 0.6) is 0 Å². The third-order valence-corrected chi connectivity index (χ3v) is 5.62.